The van der Waals surface area contributed by atoms with E-state index in [1.54, 1.807) is 6.20 Å². The highest BCUT2D eigenvalue weighted by Crippen LogP contribution is 2.44. The molecule has 5 aromatic carbocycles. The van der Waals surface area contributed by atoms with Crippen molar-refractivity contribution in [2.24, 2.45) is 10.7 Å². The normalized spacial score (nSPS) is 10.8. The summed E-state index contributed by atoms with van der Waals surface area (Å²) in [5.74, 6) is 0. The van der Waals surface area contributed by atoms with Crippen molar-refractivity contribution >= 4 is 39.0 Å². The van der Waals surface area contributed by atoms with Crippen molar-refractivity contribution in [3.05, 3.63) is 145 Å². The first-order valence-corrected chi connectivity index (χ1v) is 14.9. The van der Waals surface area contributed by atoms with E-state index in [9.17, 15) is 5.11 Å². The number of benzene rings is 5. The van der Waals surface area contributed by atoms with Crippen molar-refractivity contribution in [1.82, 2.24) is 9.97 Å². The predicted molar refractivity (Wildman–Crippen MR) is 193 cm³/mol. The summed E-state index contributed by atoms with van der Waals surface area (Å²) < 4.78 is 0. The zero-order valence-corrected chi connectivity index (χ0v) is 25.9. The molecule has 2 aromatic heterocycles. The van der Waals surface area contributed by atoms with E-state index in [1.807, 2.05) is 24.4 Å². The number of nitrogens with zero attached hydrogens (tertiary/aromatic N) is 3. The lowest BCUT2D eigenvalue weighted by Crippen LogP contribution is -1.95. The van der Waals surface area contributed by atoms with E-state index in [0.29, 0.717) is 0 Å². The Balaban J connectivity index is 0.000000546. The SMILES string of the molecule is C=N/C=C\O.CN.Cc1ccnc(-c2c3ccccc3c(-c3cc(CO)ccn3)c3cc(-c4ccc5ccccc5c4)ccc23)c1. The molecule has 0 bridgehead atoms. The lowest BCUT2D eigenvalue weighted by Gasteiger charge is -2.18. The average Bonchev–Trinajstić information content (AvgIpc) is 3.11. The molecule has 0 radical (unpaired) electrons. The van der Waals surface area contributed by atoms with Gasteiger partial charge in [-0.15, -0.1) is 0 Å². The molecule has 0 amide bonds. The second kappa shape index (κ2) is 14.9. The molecule has 0 aliphatic rings. The number of aromatic nitrogens is 2. The molecule has 0 spiro atoms. The summed E-state index contributed by atoms with van der Waals surface area (Å²) in [5, 5.41) is 24.6. The minimum Gasteiger partial charge on any atom is -0.514 e. The number of hydrogen-bond donors (Lipinski definition) is 3. The Hall–Kier alpha value is -5.69. The van der Waals surface area contributed by atoms with Crippen LogP contribution in [0.1, 0.15) is 11.1 Å². The molecule has 0 aliphatic heterocycles. The number of pyridine rings is 2. The molecular formula is C40H36N4O2. The molecule has 6 heteroatoms. The molecule has 6 nitrogen and oxygen atoms in total. The minimum atomic E-state index is -0.0287. The molecule has 7 aromatic rings. The Labute approximate surface area is 268 Å². The predicted octanol–water partition coefficient (Wildman–Crippen LogP) is 9.03. The number of nitrogens with two attached hydrogens (primary N) is 1. The molecule has 228 valence electrons. The van der Waals surface area contributed by atoms with Gasteiger partial charge in [0.25, 0.3) is 0 Å². The van der Waals surface area contributed by atoms with E-state index < -0.39 is 0 Å². The number of aliphatic hydroxyl groups is 2. The van der Waals surface area contributed by atoms with Crippen LogP contribution < -0.4 is 5.73 Å². The Morgan fingerprint density at radius 1 is 0.674 bits per heavy atom. The Kier molecular flexibility index (Phi) is 10.2. The van der Waals surface area contributed by atoms with Crippen molar-refractivity contribution in [3.8, 4) is 33.6 Å². The van der Waals surface area contributed by atoms with Gasteiger partial charge in [0, 0.05) is 23.5 Å². The van der Waals surface area contributed by atoms with E-state index in [4.69, 9.17) is 15.1 Å². The van der Waals surface area contributed by atoms with Gasteiger partial charge in [0.05, 0.1) is 30.5 Å². The summed E-state index contributed by atoms with van der Waals surface area (Å²) in [6, 6.07) is 38.3. The first kappa shape index (κ1) is 31.7. The summed E-state index contributed by atoms with van der Waals surface area (Å²) in [5.41, 5.74) is 12.8. The third-order valence-electron chi connectivity index (χ3n) is 7.71. The third kappa shape index (κ3) is 6.54. The van der Waals surface area contributed by atoms with Crippen molar-refractivity contribution in [2.75, 3.05) is 7.05 Å². The molecule has 0 atom stereocenters. The molecule has 46 heavy (non-hydrogen) atoms. The molecule has 7 rings (SSSR count). The van der Waals surface area contributed by atoms with E-state index in [-0.39, 0.29) is 6.61 Å². The summed E-state index contributed by atoms with van der Waals surface area (Å²) in [6.45, 7) is 5.13. The van der Waals surface area contributed by atoms with Gasteiger partial charge in [0.2, 0.25) is 0 Å². The fourth-order valence-corrected chi connectivity index (χ4v) is 5.71. The Morgan fingerprint density at radius 2 is 1.26 bits per heavy atom. The second-order valence-electron chi connectivity index (χ2n) is 10.5. The topological polar surface area (TPSA) is 105 Å². The van der Waals surface area contributed by atoms with Crippen LogP contribution in [0.2, 0.25) is 0 Å². The number of aliphatic imine (C=N–C) groups is 1. The lowest BCUT2D eigenvalue weighted by molar-refractivity contribution is 0.282. The Bertz CT molecular complexity index is 2170. The first-order valence-electron chi connectivity index (χ1n) is 14.9. The number of rotatable bonds is 5. The fourth-order valence-electron chi connectivity index (χ4n) is 5.71. The summed E-state index contributed by atoms with van der Waals surface area (Å²) in [6.07, 6.45) is 5.69. The van der Waals surface area contributed by atoms with Crippen LogP contribution in [0.4, 0.5) is 0 Å². The smallest absolute Gasteiger partial charge is 0.0974 e. The highest BCUT2D eigenvalue weighted by Gasteiger charge is 2.19. The van der Waals surface area contributed by atoms with E-state index in [2.05, 4.69) is 115 Å². The maximum atomic E-state index is 9.90. The highest BCUT2D eigenvalue weighted by atomic mass is 16.3. The highest BCUT2D eigenvalue weighted by molar-refractivity contribution is 6.21. The van der Waals surface area contributed by atoms with Crippen LogP contribution >= 0.6 is 0 Å². The van der Waals surface area contributed by atoms with Gasteiger partial charge < -0.3 is 15.9 Å². The molecular weight excluding hydrogens is 568 g/mol. The van der Waals surface area contributed by atoms with E-state index in [0.717, 1.165) is 61.4 Å². The average molecular weight is 605 g/mol. The number of aryl methyl sites for hydroxylation is 1. The first-order chi connectivity index (χ1) is 22.6. The number of aliphatic hydroxyl groups excluding tert-OH is 2. The second-order valence-corrected chi connectivity index (χ2v) is 10.5. The maximum absolute atomic E-state index is 9.90. The van der Waals surface area contributed by atoms with Gasteiger partial charge in [-0.05, 0) is 112 Å². The van der Waals surface area contributed by atoms with Crippen molar-refractivity contribution in [3.63, 3.8) is 0 Å². The molecule has 2 heterocycles. The monoisotopic (exact) mass is 604 g/mol. The van der Waals surface area contributed by atoms with Crippen molar-refractivity contribution in [2.45, 2.75) is 13.5 Å². The molecule has 0 saturated heterocycles. The van der Waals surface area contributed by atoms with Crippen LogP contribution in [-0.2, 0) is 6.61 Å². The van der Waals surface area contributed by atoms with Gasteiger partial charge in [-0.2, -0.15) is 0 Å². The van der Waals surface area contributed by atoms with E-state index >= 15 is 0 Å². The molecule has 0 saturated carbocycles. The van der Waals surface area contributed by atoms with Crippen LogP contribution in [0, 0.1) is 6.92 Å². The van der Waals surface area contributed by atoms with Gasteiger partial charge in [0.15, 0.2) is 0 Å². The molecule has 0 unspecified atom stereocenters. The molecule has 0 fully saturated rings. The van der Waals surface area contributed by atoms with Gasteiger partial charge in [-0.25, -0.2) is 0 Å². The summed E-state index contributed by atoms with van der Waals surface area (Å²) in [7, 11) is 1.50. The van der Waals surface area contributed by atoms with Crippen LogP contribution in [0.3, 0.4) is 0 Å². The minimum absolute atomic E-state index is 0.0287. The van der Waals surface area contributed by atoms with Crippen LogP contribution in [0.25, 0.3) is 66.0 Å². The fraction of sp³-hybridized carbons (Fsp3) is 0.0750. The van der Waals surface area contributed by atoms with E-state index in [1.165, 1.54) is 35.1 Å². The van der Waals surface area contributed by atoms with Gasteiger partial charge in [-0.3, -0.25) is 15.0 Å². The standard InChI is InChI=1S/C36H26N2O.C3H5NO.CH5N/c1-23-14-16-37-33(18-23)35-29-8-4-5-9-30(29)36(34-19-24(22-39)15-17-38-34)32-21-28(12-13-31(32)35)27-11-10-25-6-2-3-7-26(25)20-27;1-4-2-3-5;1-2/h2-21,39H,22H2,1H3;2-3,5H,1H2;2H2,1H3/b;3-2-;. The number of fused-ring (bicyclic) bond motifs is 3. The zero-order chi connectivity index (χ0) is 32.5. The summed E-state index contributed by atoms with van der Waals surface area (Å²) >= 11 is 0. The Morgan fingerprint density at radius 3 is 1.91 bits per heavy atom. The quantitative estimate of drug-likeness (QED) is 0.103. The third-order valence-corrected chi connectivity index (χ3v) is 7.71. The maximum Gasteiger partial charge on any atom is 0.0974 e. The largest absolute Gasteiger partial charge is 0.514 e. The summed E-state index contributed by atoms with van der Waals surface area (Å²) in [4.78, 5) is 12.8. The van der Waals surface area contributed by atoms with Crippen LogP contribution in [0.15, 0.2) is 139 Å². The number of hydrogen-bond acceptors (Lipinski definition) is 6. The lowest BCUT2D eigenvalue weighted by atomic mass is 9.86. The van der Waals surface area contributed by atoms with Gasteiger partial charge >= 0.3 is 0 Å². The zero-order valence-electron chi connectivity index (χ0n) is 25.9. The van der Waals surface area contributed by atoms with Crippen molar-refractivity contribution < 1.29 is 10.2 Å². The van der Waals surface area contributed by atoms with Crippen LogP contribution in [-0.4, -0.2) is 33.9 Å². The van der Waals surface area contributed by atoms with Crippen molar-refractivity contribution in [1.29, 1.82) is 0 Å². The van der Waals surface area contributed by atoms with Gasteiger partial charge in [0.1, 0.15) is 0 Å². The molecule has 4 N–H and O–H groups in total. The van der Waals surface area contributed by atoms with Crippen LogP contribution in [0.5, 0.6) is 0 Å². The van der Waals surface area contributed by atoms with Gasteiger partial charge in [-0.1, -0.05) is 72.8 Å². The molecule has 0 aliphatic carbocycles.